The molecule has 3 heteroatoms. The summed E-state index contributed by atoms with van der Waals surface area (Å²) in [6, 6.07) is 2.33. The Bertz CT molecular complexity index is 549. The fraction of sp³-hybridized carbons (Fsp3) is 0.810. The molecule has 3 rings (SSSR count). The molecule has 24 heavy (non-hydrogen) atoms. The van der Waals surface area contributed by atoms with E-state index < -0.39 is 0 Å². The molecule has 3 nitrogen and oxygen atoms in total. The molecule has 3 saturated carbocycles. The van der Waals surface area contributed by atoms with Crippen LogP contribution in [-0.2, 0) is 9.53 Å². The Morgan fingerprint density at radius 3 is 2.88 bits per heavy atom. The Hall–Kier alpha value is -1.30. The first-order valence-corrected chi connectivity index (χ1v) is 9.67. The third-order valence-electron chi connectivity index (χ3n) is 7.41. The highest BCUT2D eigenvalue weighted by molar-refractivity contribution is 5.66. The van der Waals surface area contributed by atoms with Crippen LogP contribution >= 0.6 is 0 Å². The zero-order chi connectivity index (χ0) is 17.3. The van der Waals surface area contributed by atoms with Gasteiger partial charge in [0.2, 0.25) is 0 Å². The minimum Gasteiger partial charge on any atom is -0.463 e. The van der Waals surface area contributed by atoms with Crippen LogP contribution in [0.5, 0.6) is 0 Å². The molecular formula is C21H31NO2. The van der Waals surface area contributed by atoms with Crippen LogP contribution in [0.1, 0.15) is 71.6 Å². The Kier molecular flexibility index (Phi) is 5.04. The van der Waals surface area contributed by atoms with E-state index in [1.165, 1.54) is 38.2 Å². The molecule has 0 aromatic rings. The summed E-state index contributed by atoms with van der Waals surface area (Å²) in [5, 5.41) is 9.00. The van der Waals surface area contributed by atoms with Gasteiger partial charge in [-0.3, -0.25) is 4.79 Å². The number of allylic oxidation sites excluding steroid dienone is 1. The van der Waals surface area contributed by atoms with E-state index in [2.05, 4.69) is 19.6 Å². The quantitative estimate of drug-likeness (QED) is 0.539. The summed E-state index contributed by atoms with van der Waals surface area (Å²) in [7, 11) is 0. The van der Waals surface area contributed by atoms with Crippen molar-refractivity contribution in [2.75, 3.05) is 0 Å². The Labute approximate surface area is 146 Å². The molecule has 0 heterocycles. The van der Waals surface area contributed by atoms with Gasteiger partial charge in [0.1, 0.15) is 6.10 Å². The van der Waals surface area contributed by atoms with E-state index in [1.54, 1.807) is 0 Å². The first-order chi connectivity index (χ1) is 11.5. The molecule has 3 aliphatic carbocycles. The second kappa shape index (κ2) is 6.90. The first-order valence-electron chi connectivity index (χ1n) is 9.67. The lowest BCUT2D eigenvalue weighted by molar-refractivity contribution is -0.155. The molecule has 0 amide bonds. The molecule has 0 bridgehead atoms. The van der Waals surface area contributed by atoms with Crippen LogP contribution in [0.2, 0.25) is 0 Å². The minimum atomic E-state index is -0.136. The molecule has 0 N–H and O–H groups in total. The van der Waals surface area contributed by atoms with Gasteiger partial charge in [-0.15, -0.1) is 0 Å². The van der Waals surface area contributed by atoms with Crippen molar-refractivity contribution in [2.24, 2.45) is 29.1 Å². The van der Waals surface area contributed by atoms with E-state index >= 15 is 0 Å². The van der Waals surface area contributed by atoms with Gasteiger partial charge >= 0.3 is 5.97 Å². The number of esters is 1. The van der Waals surface area contributed by atoms with Crippen LogP contribution in [0, 0.1) is 40.4 Å². The lowest BCUT2D eigenvalue weighted by atomic mass is 9.47. The predicted molar refractivity (Wildman–Crippen MR) is 93.9 cm³/mol. The van der Waals surface area contributed by atoms with Crippen LogP contribution < -0.4 is 0 Å². The van der Waals surface area contributed by atoms with E-state index in [4.69, 9.17) is 10.00 Å². The summed E-state index contributed by atoms with van der Waals surface area (Å²) in [6.07, 6.45) is 9.90. The maximum Gasteiger partial charge on any atom is 0.302 e. The van der Waals surface area contributed by atoms with E-state index in [-0.39, 0.29) is 12.1 Å². The summed E-state index contributed by atoms with van der Waals surface area (Å²) in [6.45, 7) is 8.36. The summed E-state index contributed by atoms with van der Waals surface area (Å²) >= 11 is 0. The van der Waals surface area contributed by atoms with E-state index in [1.807, 2.05) is 0 Å². The largest absolute Gasteiger partial charge is 0.463 e. The summed E-state index contributed by atoms with van der Waals surface area (Å²) in [5.74, 6) is 2.56. The fourth-order valence-corrected chi connectivity index (χ4v) is 6.23. The topological polar surface area (TPSA) is 50.1 Å². The monoisotopic (exact) mass is 329 g/mol. The van der Waals surface area contributed by atoms with E-state index in [0.717, 1.165) is 31.6 Å². The van der Waals surface area contributed by atoms with Gasteiger partial charge in [-0.05, 0) is 80.5 Å². The summed E-state index contributed by atoms with van der Waals surface area (Å²) < 4.78 is 5.52. The Morgan fingerprint density at radius 2 is 2.17 bits per heavy atom. The van der Waals surface area contributed by atoms with Gasteiger partial charge in [-0.1, -0.05) is 19.1 Å². The lowest BCUT2D eigenvalue weighted by Crippen LogP contribution is -2.51. The normalized spacial score (nSPS) is 41.7. The maximum absolute atomic E-state index is 11.3. The number of carbonyl (C=O) groups excluding carboxylic acids is 1. The first kappa shape index (κ1) is 17.5. The van der Waals surface area contributed by atoms with Crippen molar-refractivity contribution in [3.8, 4) is 6.07 Å². The van der Waals surface area contributed by atoms with Crippen molar-refractivity contribution in [1.82, 2.24) is 0 Å². The average molecular weight is 329 g/mol. The van der Waals surface area contributed by atoms with Gasteiger partial charge < -0.3 is 4.74 Å². The molecule has 6 atom stereocenters. The van der Waals surface area contributed by atoms with Crippen molar-refractivity contribution in [3.63, 3.8) is 0 Å². The van der Waals surface area contributed by atoms with Crippen LogP contribution in [0.25, 0.3) is 0 Å². The molecule has 3 aliphatic rings. The zero-order valence-corrected chi connectivity index (χ0v) is 15.2. The highest BCUT2D eigenvalue weighted by Gasteiger charge is 2.53. The molecule has 0 saturated heterocycles. The Balaban J connectivity index is 1.75. The number of carbonyl (C=O) groups is 1. The lowest BCUT2D eigenvalue weighted by Gasteiger charge is -2.58. The van der Waals surface area contributed by atoms with Gasteiger partial charge in [0.15, 0.2) is 0 Å². The highest BCUT2D eigenvalue weighted by atomic mass is 16.5. The zero-order valence-electron chi connectivity index (χ0n) is 15.2. The minimum absolute atomic E-state index is 0.130. The van der Waals surface area contributed by atoms with Crippen molar-refractivity contribution in [2.45, 2.75) is 77.7 Å². The molecule has 0 radical (unpaired) electrons. The van der Waals surface area contributed by atoms with Gasteiger partial charge in [0.05, 0.1) is 6.07 Å². The summed E-state index contributed by atoms with van der Waals surface area (Å²) in [4.78, 5) is 11.3. The van der Waals surface area contributed by atoms with Gasteiger partial charge in [0.25, 0.3) is 0 Å². The van der Waals surface area contributed by atoms with Crippen molar-refractivity contribution in [3.05, 3.63) is 12.2 Å². The molecule has 132 valence electrons. The molecule has 0 aliphatic heterocycles. The number of hydrogen-bond donors (Lipinski definition) is 0. The van der Waals surface area contributed by atoms with E-state index in [0.29, 0.717) is 29.6 Å². The van der Waals surface area contributed by atoms with Gasteiger partial charge in [-0.25, -0.2) is 0 Å². The number of nitriles is 1. The number of rotatable bonds is 3. The van der Waals surface area contributed by atoms with Crippen molar-refractivity contribution in [1.29, 1.82) is 5.26 Å². The van der Waals surface area contributed by atoms with Crippen LogP contribution in [0.15, 0.2) is 12.2 Å². The smallest absolute Gasteiger partial charge is 0.302 e. The fourth-order valence-electron chi connectivity index (χ4n) is 6.23. The van der Waals surface area contributed by atoms with Crippen LogP contribution in [0.4, 0.5) is 0 Å². The third-order valence-corrected chi connectivity index (χ3v) is 7.41. The standard InChI is InChI=1S/C21H31NO2/c1-14-6-9-20-19(18(14)5-4-12-22)8-7-16-13-17(24-15(2)23)10-11-21(16,20)3/h16-20H,1,4-11,13H2,2-3H3/t16-,17-,18+,19-,20-,21-/m0/s1. The van der Waals surface area contributed by atoms with Gasteiger partial charge in [0, 0.05) is 13.3 Å². The number of hydrogen-bond acceptors (Lipinski definition) is 3. The number of fused-ring (bicyclic) bond motifs is 3. The molecule has 0 spiro atoms. The molecule has 0 aromatic heterocycles. The summed E-state index contributed by atoms with van der Waals surface area (Å²) in [5.41, 5.74) is 1.77. The molecule has 3 fully saturated rings. The predicted octanol–water partition coefficient (Wildman–Crippen LogP) is 5.02. The highest BCUT2D eigenvalue weighted by Crippen LogP contribution is 2.61. The van der Waals surface area contributed by atoms with Crippen LogP contribution in [0.3, 0.4) is 0 Å². The second-order valence-electron chi connectivity index (χ2n) is 8.56. The third kappa shape index (κ3) is 3.13. The van der Waals surface area contributed by atoms with Crippen molar-refractivity contribution >= 4 is 5.97 Å². The molecule has 0 aromatic carbocycles. The number of ether oxygens (including phenoxy) is 1. The second-order valence-corrected chi connectivity index (χ2v) is 8.56. The van der Waals surface area contributed by atoms with Gasteiger partial charge in [-0.2, -0.15) is 5.26 Å². The van der Waals surface area contributed by atoms with Crippen molar-refractivity contribution < 1.29 is 9.53 Å². The molecule has 0 unspecified atom stereocenters. The van der Waals surface area contributed by atoms with E-state index in [9.17, 15) is 4.79 Å². The maximum atomic E-state index is 11.3. The SMILES string of the molecule is C=C1CC[C@H]2[C@@H](CC[C@H]3C[C@@H](OC(C)=O)CC[C@@]32C)[C@@H]1CCC#N. The number of nitrogens with zero attached hydrogens (tertiary/aromatic N) is 1. The van der Waals surface area contributed by atoms with Crippen LogP contribution in [-0.4, -0.2) is 12.1 Å². The molecular weight excluding hydrogens is 298 g/mol. The average Bonchev–Trinajstić information content (AvgIpc) is 2.53. The Morgan fingerprint density at radius 1 is 1.38 bits per heavy atom.